The van der Waals surface area contributed by atoms with Gasteiger partial charge in [0.25, 0.3) is 0 Å². The minimum absolute atomic E-state index is 0.623. The van der Waals surface area contributed by atoms with Crippen LogP contribution in [0, 0.1) is 0 Å². The van der Waals surface area contributed by atoms with E-state index in [4.69, 9.17) is 23.8 Å². The van der Waals surface area contributed by atoms with Crippen LogP contribution in [0.3, 0.4) is 0 Å². The van der Waals surface area contributed by atoms with Gasteiger partial charge in [0.15, 0.2) is 5.11 Å². The largest absolute Gasteiger partial charge is 0.363 e. The van der Waals surface area contributed by atoms with Crippen molar-refractivity contribution in [3.05, 3.63) is 16.9 Å². The third kappa shape index (κ3) is 3.35. The Morgan fingerprint density at radius 3 is 2.81 bits per heavy atom. The third-order valence-corrected chi connectivity index (χ3v) is 2.94. The number of aromatic nitrogens is 2. The zero-order chi connectivity index (χ0) is 12.1. The van der Waals surface area contributed by atoms with Crippen LogP contribution in [-0.2, 0) is 13.1 Å². The molecule has 4 nitrogen and oxygen atoms in total. The second-order valence-corrected chi connectivity index (χ2v) is 4.26. The van der Waals surface area contributed by atoms with E-state index in [9.17, 15) is 0 Å². The van der Waals surface area contributed by atoms with Gasteiger partial charge in [-0.2, -0.15) is 5.10 Å². The molecule has 1 heterocycles. The highest BCUT2D eigenvalue weighted by molar-refractivity contribution is 7.80. The van der Waals surface area contributed by atoms with Gasteiger partial charge in [0.1, 0.15) is 5.69 Å². The fourth-order valence-electron chi connectivity index (χ4n) is 1.29. The molecular formula is C10H17ClN4S. The van der Waals surface area contributed by atoms with Crippen molar-refractivity contribution in [3.63, 3.8) is 0 Å². The van der Waals surface area contributed by atoms with Gasteiger partial charge < -0.3 is 10.2 Å². The van der Waals surface area contributed by atoms with E-state index in [0.717, 1.165) is 18.8 Å². The summed E-state index contributed by atoms with van der Waals surface area (Å²) in [4.78, 5) is 1.92. The highest BCUT2D eigenvalue weighted by atomic mass is 35.5. The molecule has 0 radical (unpaired) electrons. The van der Waals surface area contributed by atoms with Gasteiger partial charge in [0.05, 0.1) is 11.6 Å². The van der Waals surface area contributed by atoms with E-state index >= 15 is 0 Å². The average molecular weight is 261 g/mol. The number of aryl methyl sites for hydroxylation is 1. The van der Waals surface area contributed by atoms with Gasteiger partial charge in [0.2, 0.25) is 0 Å². The maximum Gasteiger partial charge on any atom is 0.169 e. The van der Waals surface area contributed by atoms with E-state index in [0.29, 0.717) is 16.7 Å². The molecule has 1 N–H and O–H groups in total. The van der Waals surface area contributed by atoms with Crippen molar-refractivity contribution < 1.29 is 0 Å². The SMILES string of the molecule is CCNC(=S)N(C)Cc1nn(CC)cc1Cl. The number of hydrogen-bond donors (Lipinski definition) is 1. The molecule has 1 aromatic heterocycles. The van der Waals surface area contributed by atoms with Gasteiger partial charge in [-0.05, 0) is 26.1 Å². The quantitative estimate of drug-likeness (QED) is 0.839. The molecule has 16 heavy (non-hydrogen) atoms. The monoisotopic (exact) mass is 260 g/mol. The van der Waals surface area contributed by atoms with Crippen molar-refractivity contribution in [3.8, 4) is 0 Å². The second kappa shape index (κ2) is 6.06. The number of rotatable bonds is 4. The Bertz CT molecular complexity index is 364. The lowest BCUT2D eigenvalue weighted by molar-refractivity contribution is 0.477. The molecule has 1 aromatic rings. The molecular weight excluding hydrogens is 244 g/mol. The van der Waals surface area contributed by atoms with Gasteiger partial charge >= 0.3 is 0 Å². The van der Waals surface area contributed by atoms with E-state index in [1.807, 2.05) is 36.7 Å². The Morgan fingerprint density at radius 2 is 2.31 bits per heavy atom. The summed E-state index contributed by atoms with van der Waals surface area (Å²) in [5.74, 6) is 0. The molecule has 0 bridgehead atoms. The van der Waals surface area contributed by atoms with Crippen molar-refractivity contribution in [2.24, 2.45) is 0 Å². The normalized spacial score (nSPS) is 10.2. The molecule has 6 heteroatoms. The summed E-state index contributed by atoms with van der Waals surface area (Å²) in [5.41, 5.74) is 0.853. The number of hydrogen-bond acceptors (Lipinski definition) is 2. The average Bonchev–Trinajstić information content (AvgIpc) is 2.60. The summed E-state index contributed by atoms with van der Waals surface area (Å²) in [6.45, 7) is 6.30. The zero-order valence-electron chi connectivity index (χ0n) is 9.83. The lowest BCUT2D eigenvalue weighted by atomic mass is 10.4. The standard InChI is InChI=1S/C10H17ClN4S/c1-4-12-10(16)14(3)7-9-8(11)6-15(5-2)13-9/h6H,4-5,7H2,1-3H3,(H,12,16). The molecule has 0 spiro atoms. The lowest BCUT2D eigenvalue weighted by Gasteiger charge is -2.19. The van der Waals surface area contributed by atoms with Crippen LogP contribution in [0.4, 0.5) is 0 Å². The first-order chi connectivity index (χ1) is 7.58. The van der Waals surface area contributed by atoms with E-state index in [1.165, 1.54) is 0 Å². The molecule has 0 aliphatic heterocycles. The molecule has 0 saturated carbocycles. The van der Waals surface area contributed by atoms with Crippen LogP contribution in [0.15, 0.2) is 6.20 Å². The van der Waals surface area contributed by atoms with Crippen LogP contribution >= 0.6 is 23.8 Å². The van der Waals surface area contributed by atoms with Crippen LogP contribution in [-0.4, -0.2) is 33.4 Å². The van der Waals surface area contributed by atoms with Gasteiger partial charge in [-0.25, -0.2) is 0 Å². The van der Waals surface area contributed by atoms with Crippen LogP contribution in [0.1, 0.15) is 19.5 Å². The summed E-state index contributed by atoms with van der Waals surface area (Å²) in [7, 11) is 1.92. The fourth-order valence-corrected chi connectivity index (χ4v) is 1.71. The van der Waals surface area contributed by atoms with E-state index in [2.05, 4.69) is 10.4 Å². The molecule has 0 aliphatic rings. The molecule has 0 aromatic carbocycles. The first kappa shape index (κ1) is 13.3. The van der Waals surface area contributed by atoms with Crippen LogP contribution < -0.4 is 5.32 Å². The lowest BCUT2D eigenvalue weighted by Crippen LogP contribution is -2.36. The predicted molar refractivity (Wildman–Crippen MR) is 70.7 cm³/mol. The van der Waals surface area contributed by atoms with Gasteiger partial charge in [-0.15, -0.1) is 0 Å². The summed E-state index contributed by atoms with van der Waals surface area (Å²) < 4.78 is 1.82. The molecule has 0 aliphatic carbocycles. The Labute approximate surface area is 107 Å². The smallest absolute Gasteiger partial charge is 0.169 e. The Hall–Kier alpha value is -0.810. The Balaban J connectivity index is 2.65. The molecule has 1 rings (SSSR count). The van der Waals surface area contributed by atoms with Crippen molar-refractivity contribution in [2.75, 3.05) is 13.6 Å². The van der Waals surface area contributed by atoms with Crippen LogP contribution in [0.2, 0.25) is 5.02 Å². The van der Waals surface area contributed by atoms with E-state index in [1.54, 1.807) is 0 Å². The first-order valence-electron chi connectivity index (χ1n) is 5.29. The number of nitrogens with zero attached hydrogens (tertiary/aromatic N) is 3. The Morgan fingerprint density at radius 1 is 1.62 bits per heavy atom. The number of halogens is 1. The fraction of sp³-hybridized carbons (Fsp3) is 0.600. The van der Waals surface area contributed by atoms with Crippen molar-refractivity contribution in [1.82, 2.24) is 20.0 Å². The summed E-state index contributed by atoms with van der Waals surface area (Å²) in [6, 6.07) is 0. The zero-order valence-corrected chi connectivity index (χ0v) is 11.4. The third-order valence-electron chi connectivity index (χ3n) is 2.17. The molecule has 0 atom stereocenters. The number of thiocarbonyl (C=S) groups is 1. The summed E-state index contributed by atoms with van der Waals surface area (Å²) in [5, 5.41) is 8.85. The van der Waals surface area contributed by atoms with E-state index in [-0.39, 0.29) is 0 Å². The number of nitrogens with one attached hydrogen (secondary N) is 1. The molecule has 0 fully saturated rings. The minimum Gasteiger partial charge on any atom is -0.363 e. The van der Waals surface area contributed by atoms with Gasteiger partial charge in [-0.1, -0.05) is 11.6 Å². The van der Waals surface area contributed by atoms with Crippen LogP contribution in [0.25, 0.3) is 0 Å². The summed E-state index contributed by atoms with van der Waals surface area (Å²) in [6.07, 6.45) is 1.83. The predicted octanol–water partition coefficient (Wildman–Crippen LogP) is 1.88. The molecule has 0 saturated heterocycles. The highest BCUT2D eigenvalue weighted by Crippen LogP contribution is 2.15. The van der Waals surface area contributed by atoms with Crippen molar-refractivity contribution in [2.45, 2.75) is 26.9 Å². The van der Waals surface area contributed by atoms with Crippen molar-refractivity contribution in [1.29, 1.82) is 0 Å². The first-order valence-corrected chi connectivity index (χ1v) is 6.07. The Kier molecular flexibility index (Phi) is 5.02. The molecule has 0 unspecified atom stereocenters. The summed E-state index contributed by atoms with van der Waals surface area (Å²) >= 11 is 11.3. The molecule has 0 amide bonds. The maximum atomic E-state index is 6.08. The molecule has 90 valence electrons. The highest BCUT2D eigenvalue weighted by Gasteiger charge is 2.10. The topological polar surface area (TPSA) is 33.1 Å². The van der Waals surface area contributed by atoms with Gasteiger partial charge in [-0.3, -0.25) is 4.68 Å². The van der Waals surface area contributed by atoms with E-state index < -0.39 is 0 Å². The second-order valence-electron chi connectivity index (χ2n) is 3.47. The van der Waals surface area contributed by atoms with Crippen molar-refractivity contribution >= 4 is 28.9 Å². The maximum absolute atomic E-state index is 6.08. The van der Waals surface area contributed by atoms with Gasteiger partial charge in [0, 0.05) is 26.3 Å². The van der Waals surface area contributed by atoms with Crippen LogP contribution in [0.5, 0.6) is 0 Å². The minimum atomic E-state index is 0.623.